The number of carbonyl (C=O) groups excluding carboxylic acids is 1. The molecule has 12 nitrogen and oxygen atoms in total. The molecule has 0 radical (unpaired) electrons. The molecular weight excluding hydrogens is 410 g/mol. The third-order valence-electron chi connectivity index (χ3n) is 4.95. The average molecular weight is 433 g/mol. The van der Waals surface area contributed by atoms with E-state index in [-0.39, 0.29) is 17.5 Å². The predicted molar refractivity (Wildman–Crippen MR) is 104 cm³/mol. The Labute approximate surface area is 176 Å². The summed E-state index contributed by atoms with van der Waals surface area (Å²) in [4.78, 5) is 40.3. The maximum atomic E-state index is 12.6. The number of phenolic OH excluding ortho intramolecular Hbond substituents is 1. The molecule has 1 aromatic carbocycles. The van der Waals surface area contributed by atoms with E-state index in [9.17, 15) is 19.5 Å². The summed E-state index contributed by atoms with van der Waals surface area (Å²) in [6.07, 6.45) is 0.824. The Bertz CT molecular complexity index is 945. The maximum Gasteiger partial charge on any atom is 0.326 e. The van der Waals surface area contributed by atoms with Crippen LogP contribution in [0.15, 0.2) is 28.8 Å². The number of hydrogen-bond donors (Lipinski definition) is 5. The molecule has 1 fully saturated rings. The molecule has 1 aliphatic heterocycles. The average Bonchev–Trinajstić information content (AvgIpc) is 3.38. The zero-order valence-electron chi connectivity index (χ0n) is 16.5. The van der Waals surface area contributed by atoms with Crippen molar-refractivity contribution in [3.8, 4) is 5.75 Å². The Morgan fingerprint density at radius 2 is 1.97 bits per heavy atom. The molecule has 6 N–H and O–H groups in total. The van der Waals surface area contributed by atoms with Crippen LogP contribution in [0, 0.1) is 0 Å². The summed E-state index contributed by atoms with van der Waals surface area (Å²) < 4.78 is 5.31. The van der Waals surface area contributed by atoms with Gasteiger partial charge in [-0.2, -0.15) is 4.98 Å². The summed E-state index contributed by atoms with van der Waals surface area (Å²) in [5, 5.41) is 33.5. The number of carbonyl (C=O) groups is 3. The number of amides is 2. The molecule has 0 aliphatic carbocycles. The zero-order valence-corrected chi connectivity index (χ0v) is 16.5. The minimum atomic E-state index is -1.55. The first-order valence-electron chi connectivity index (χ1n) is 9.63. The van der Waals surface area contributed by atoms with Crippen LogP contribution in [-0.4, -0.2) is 60.9 Å². The van der Waals surface area contributed by atoms with Gasteiger partial charge in [-0.15, -0.1) is 0 Å². The van der Waals surface area contributed by atoms with Gasteiger partial charge < -0.3 is 35.8 Å². The van der Waals surface area contributed by atoms with Crippen LogP contribution in [-0.2, 0) is 16.0 Å². The van der Waals surface area contributed by atoms with Gasteiger partial charge in [-0.1, -0.05) is 17.3 Å². The van der Waals surface area contributed by atoms with Crippen molar-refractivity contribution in [2.24, 2.45) is 5.73 Å². The molecular formula is C19H23N5O7. The van der Waals surface area contributed by atoms with Gasteiger partial charge in [-0.3, -0.25) is 4.79 Å². The minimum absolute atomic E-state index is 0.146. The Balaban J connectivity index is 1.67. The molecule has 2 aromatic rings. The number of carboxylic acid groups (broad SMARTS) is 2. The molecule has 2 amide bonds. The Morgan fingerprint density at radius 3 is 2.61 bits per heavy atom. The van der Waals surface area contributed by atoms with Crippen LogP contribution in [0.4, 0.5) is 4.79 Å². The third-order valence-corrected chi connectivity index (χ3v) is 4.95. The van der Waals surface area contributed by atoms with E-state index in [2.05, 4.69) is 15.5 Å². The lowest BCUT2D eigenvalue weighted by Gasteiger charge is -2.24. The zero-order chi connectivity index (χ0) is 22.5. The molecule has 0 saturated carbocycles. The molecule has 166 valence electrons. The second-order valence-corrected chi connectivity index (χ2v) is 7.26. The number of aromatic hydroxyl groups is 1. The number of nitrogens with one attached hydrogen (secondary N) is 1. The van der Waals surface area contributed by atoms with E-state index in [1.165, 1.54) is 4.90 Å². The number of benzene rings is 1. The minimum Gasteiger partial charge on any atom is -0.508 e. The van der Waals surface area contributed by atoms with Gasteiger partial charge in [0.2, 0.25) is 5.89 Å². The quantitative estimate of drug-likeness (QED) is 0.397. The van der Waals surface area contributed by atoms with Crippen LogP contribution in [0.5, 0.6) is 5.75 Å². The second kappa shape index (κ2) is 9.43. The fraction of sp³-hybridized carbons (Fsp3) is 0.421. The van der Waals surface area contributed by atoms with E-state index >= 15 is 0 Å². The third kappa shape index (κ3) is 5.48. The molecule has 1 saturated heterocycles. The first kappa shape index (κ1) is 22.0. The molecule has 0 unspecified atom stereocenters. The fourth-order valence-electron chi connectivity index (χ4n) is 3.38. The van der Waals surface area contributed by atoms with E-state index < -0.39 is 42.5 Å². The predicted octanol–water partition coefficient (Wildman–Crippen LogP) is 0.792. The van der Waals surface area contributed by atoms with Crippen LogP contribution in [0.1, 0.15) is 48.6 Å². The van der Waals surface area contributed by atoms with Crippen molar-refractivity contribution in [3.63, 3.8) is 0 Å². The van der Waals surface area contributed by atoms with Crippen LogP contribution < -0.4 is 11.1 Å². The van der Waals surface area contributed by atoms with Crippen LogP contribution in [0.25, 0.3) is 0 Å². The number of aromatic nitrogens is 2. The number of likely N-dealkylation sites (tertiary alicyclic amines) is 1. The summed E-state index contributed by atoms with van der Waals surface area (Å²) in [7, 11) is 0. The van der Waals surface area contributed by atoms with E-state index in [0.29, 0.717) is 25.8 Å². The summed E-state index contributed by atoms with van der Waals surface area (Å²) in [5.74, 6) is -2.20. The van der Waals surface area contributed by atoms with Crippen molar-refractivity contribution < 1.29 is 34.2 Å². The van der Waals surface area contributed by atoms with Gasteiger partial charge in [-0.25, -0.2) is 9.59 Å². The van der Waals surface area contributed by atoms with Crippen molar-refractivity contribution >= 4 is 18.0 Å². The van der Waals surface area contributed by atoms with Crippen LogP contribution in [0.2, 0.25) is 0 Å². The highest BCUT2D eigenvalue weighted by atomic mass is 16.5. The molecule has 3 rings (SSSR count). The van der Waals surface area contributed by atoms with Gasteiger partial charge in [0.05, 0.1) is 12.5 Å². The van der Waals surface area contributed by atoms with Crippen molar-refractivity contribution in [2.45, 2.75) is 43.8 Å². The van der Waals surface area contributed by atoms with Crippen molar-refractivity contribution in [1.82, 2.24) is 20.4 Å². The number of phenols is 1. The van der Waals surface area contributed by atoms with Crippen LogP contribution >= 0.6 is 0 Å². The highest BCUT2D eigenvalue weighted by molar-refractivity contribution is 5.86. The van der Waals surface area contributed by atoms with Gasteiger partial charge in [0.1, 0.15) is 17.8 Å². The van der Waals surface area contributed by atoms with Crippen molar-refractivity contribution in [2.75, 3.05) is 6.54 Å². The van der Waals surface area contributed by atoms with Gasteiger partial charge in [0, 0.05) is 6.54 Å². The highest BCUT2D eigenvalue weighted by Gasteiger charge is 2.36. The number of nitrogens with two attached hydrogens (primary N) is 1. The lowest BCUT2D eigenvalue weighted by Crippen LogP contribution is -2.48. The topological polar surface area (TPSA) is 192 Å². The van der Waals surface area contributed by atoms with E-state index in [1.807, 2.05) is 0 Å². The Kier molecular flexibility index (Phi) is 6.70. The molecule has 2 heterocycles. The van der Waals surface area contributed by atoms with E-state index in [1.54, 1.807) is 24.3 Å². The standard InChI is InChI=1S/C19H23N5O7/c20-12(8-10-3-5-11(25)6-4-10)16-22-17(31-23-16)14-2-1-7-24(14)19(30)21-13(18(28)29)9-15(26)27/h3-6,12-14,25H,1-2,7-9,20H2,(H,21,30)(H,26,27)(H,28,29)/t12-,13-,14-/m0/s1. The molecule has 12 heteroatoms. The molecule has 1 aliphatic rings. The van der Waals surface area contributed by atoms with E-state index in [0.717, 1.165) is 5.56 Å². The SMILES string of the molecule is N[C@@H](Cc1ccc(O)cc1)c1noc([C@@H]2CCCN2C(=O)N[C@@H](CC(=O)O)C(=O)O)n1. The molecule has 31 heavy (non-hydrogen) atoms. The van der Waals surface area contributed by atoms with Crippen molar-refractivity contribution in [3.05, 3.63) is 41.5 Å². The molecule has 0 bridgehead atoms. The smallest absolute Gasteiger partial charge is 0.326 e. The van der Waals surface area contributed by atoms with Gasteiger partial charge in [0.15, 0.2) is 5.82 Å². The fourth-order valence-corrected chi connectivity index (χ4v) is 3.38. The second-order valence-electron chi connectivity index (χ2n) is 7.26. The number of nitrogens with zero attached hydrogens (tertiary/aromatic N) is 3. The largest absolute Gasteiger partial charge is 0.508 e. The first-order chi connectivity index (χ1) is 14.7. The summed E-state index contributed by atoms with van der Waals surface area (Å²) in [5.41, 5.74) is 7.03. The number of urea groups is 1. The molecule has 0 spiro atoms. The Morgan fingerprint density at radius 1 is 1.26 bits per heavy atom. The lowest BCUT2D eigenvalue weighted by atomic mass is 10.1. The number of aliphatic carboxylic acids is 2. The maximum absolute atomic E-state index is 12.6. The van der Waals surface area contributed by atoms with Gasteiger partial charge in [-0.05, 0) is 37.0 Å². The first-order valence-corrected chi connectivity index (χ1v) is 9.63. The van der Waals surface area contributed by atoms with Crippen LogP contribution in [0.3, 0.4) is 0 Å². The molecule has 3 atom stereocenters. The van der Waals surface area contributed by atoms with Gasteiger partial charge in [0.25, 0.3) is 0 Å². The molecule has 1 aromatic heterocycles. The highest BCUT2D eigenvalue weighted by Crippen LogP contribution is 2.31. The normalized spacial score (nSPS) is 17.8. The van der Waals surface area contributed by atoms with E-state index in [4.69, 9.17) is 20.5 Å². The lowest BCUT2D eigenvalue weighted by molar-refractivity contribution is -0.145. The summed E-state index contributed by atoms with van der Waals surface area (Å²) in [6.45, 7) is 0.327. The summed E-state index contributed by atoms with van der Waals surface area (Å²) >= 11 is 0. The summed E-state index contributed by atoms with van der Waals surface area (Å²) in [6, 6.07) is 3.15. The monoisotopic (exact) mass is 433 g/mol. The number of rotatable bonds is 8. The Hall–Kier alpha value is -3.67. The van der Waals surface area contributed by atoms with Gasteiger partial charge >= 0.3 is 18.0 Å². The number of hydrogen-bond acceptors (Lipinski definition) is 8. The number of carboxylic acids is 2. The van der Waals surface area contributed by atoms with Crippen molar-refractivity contribution in [1.29, 1.82) is 0 Å².